The molecule has 0 radical (unpaired) electrons. The van der Waals surface area contributed by atoms with Crippen LogP contribution in [0.1, 0.15) is 25.3 Å². The van der Waals surface area contributed by atoms with Gasteiger partial charge < -0.3 is 19.4 Å². The summed E-state index contributed by atoms with van der Waals surface area (Å²) >= 11 is 6.13. The van der Waals surface area contributed by atoms with Crippen molar-refractivity contribution in [3.8, 4) is 6.01 Å². The molecule has 1 N–H and O–H groups in total. The van der Waals surface area contributed by atoms with Crippen LogP contribution in [0.5, 0.6) is 6.01 Å². The van der Waals surface area contributed by atoms with Crippen molar-refractivity contribution < 1.29 is 9.47 Å². The Labute approximate surface area is 140 Å². The summed E-state index contributed by atoms with van der Waals surface area (Å²) in [6.07, 6.45) is 6.28. The maximum absolute atomic E-state index is 6.13. The van der Waals surface area contributed by atoms with Gasteiger partial charge in [-0.3, -0.25) is 0 Å². The van der Waals surface area contributed by atoms with E-state index < -0.39 is 0 Å². The summed E-state index contributed by atoms with van der Waals surface area (Å²) in [6.45, 7) is 4.40. The van der Waals surface area contributed by atoms with Gasteiger partial charge in [0, 0.05) is 38.0 Å². The number of hydrogen-bond acceptors (Lipinski definition) is 6. The van der Waals surface area contributed by atoms with Crippen molar-refractivity contribution in [1.29, 1.82) is 0 Å². The van der Waals surface area contributed by atoms with Crippen LogP contribution < -0.4 is 10.1 Å². The Kier molecular flexibility index (Phi) is 4.97. The van der Waals surface area contributed by atoms with Crippen molar-refractivity contribution in [3.05, 3.63) is 29.4 Å². The van der Waals surface area contributed by atoms with Crippen LogP contribution in [-0.2, 0) is 11.3 Å². The molecule has 0 unspecified atom stereocenters. The average molecular weight is 338 g/mol. The molecule has 1 aliphatic heterocycles. The molecule has 0 saturated carbocycles. The molecule has 23 heavy (non-hydrogen) atoms. The Morgan fingerprint density at radius 2 is 2.35 bits per heavy atom. The van der Waals surface area contributed by atoms with E-state index in [9.17, 15) is 0 Å². The standard InChI is InChI=1S/C15H20ClN5O2/c1-3-21-6-5-17-14(21)12-10(4-7-23-12)8-18-13-11(16)9-19-15(20-13)22-2/h5-6,9-10,12H,3-4,7-8H2,1-2H3,(H,18,19,20)/t10-,12+/m0/s1. The van der Waals surface area contributed by atoms with Gasteiger partial charge in [-0.05, 0) is 13.3 Å². The van der Waals surface area contributed by atoms with Crippen molar-refractivity contribution in [2.45, 2.75) is 26.0 Å². The molecule has 124 valence electrons. The molecular weight excluding hydrogens is 318 g/mol. The van der Waals surface area contributed by atoms with E-state index in [1.807, 2.05) is 12.4 Å². The van der Waals surface area contributed by atoms with Gasteiger partial charge in [-0.1, -0.05) is 11.6 Å². The number of nitrogens with zero attached hydrogens (tertiary/aromatic N) is 4. The van der Waals surface area contributed by atoms with E-state index in [2.05, 4.69) is 31.8 Å². The monoisotopic (exact) mass is 337 g/mol. The first-order valence-electron chi connectivity index (χ1n) is 7.66. The van der Waals surface area contributed by atoms with Crippen LogP contribution >= 0.6 is 11.6 Å². The minimum Gasteiger partial charge on any atom is -0.467 e. The molecule has 2 aromatic heterocycles. The summed E-state index contributed by atoms with van der Waals surface area (Å²) in [5, 5.41) is 3.75. The number of nitrogens with one attached hydrogen (secondary N) is 1. The summed E-state index contributed by atoms with van der Waals surface area (Å²) in [7, 11) is 1.53. The van der Waals surface area contributed by atoms with Gasteiger partial charge in [0.15, 0.2) is 5.82 Å². The highest BCUT2D eigenvalue weighted by atomic mass is 35.5. The highest BCUT2D eigenvalue weighted by Crippen LogP contribution is 2.34. The molecule has 8 heteroatoms. The van der Waals surface area contributed by atoms with Crippen molar-refractivity contribution >= 4 is 17.4 Å². The van der Waals surface area contributed by atoms with Gasteiger partial charge >= 0.3 is 6.01 Å². The predicted octanol–water partition coefficient (Wildman–Crippen LogP) is 2.54. The van der Waals surface area contributed by atoms with Gasteiger partial charge in [-0.15, -0.1) is 0 Å². The van der Waals surface area contributed by atoms with Crippen LogP contribution in [0, 0.1) is 5.92 Å². The van der Waals surface area contributed by atoms with Crippen LogP contribution in [0.4, 0.5) is 5.82 Å². The van der Waals surface area contributed by atoms with E-state index in [4.69, 9.17) is 21.1 Å². The number of rotatable bonds is 6. The van der Waals surface area contributed by atoms with E-state index in [1.54, 1.807) is 0 Å². The van der Waals surface area contributed by atoms with Gasteiger partial charge in [-0.25, -0.2) is 9.97 Å². The molecular formula is C15H20ClN5O2. The molecule has 0 amide bonds. The second-order valence-electron chi connectivity index (χ2n) is 5.35. The molecule has 0 spiro atoms. The van der Waals surface area contributed by atoms with E-state index in [1.165, 1.54) is 13.3 Å². The zero-order valence-corrected chi connectivity index (χ0v) is 14.0. The third-order valence-electron chi connectivity index (χ3n) is 3.99. The van der Waals surface area contributed by atoms with Crippen molar-refractivity contribution in [1.82, 2.24) is 19.5 Å². The minimum absolute atomic E-state index is 0.0139. The van der Waals surface area contributed by atoms with Gasteiger partial charge in [0.25, 0.3) is 0 Å². The van der Waals surface area contributed by atoms with E-state index in [0.29, 0.717) is 23.3 Å². The summed E-state index contributed by atoms with van der Waals surface area (Å²) < 4.78 is 13.1. The van der Waals surface area contributed by atoms with Crippen molar-refractivity contribution in [3.63, 3.8) is 0 Å². The summed E-state index contributed by atoms with van der Waals surface area (Å²) in [5.74, 6) is 1.85. The fourth-order valence-corrected chi connectivity index (χ4v) is 2.93. The molecule has 1 fully saturated rings. The zero-order chi connectivity index (χ0) is 16.2. The summed E-state index contributed by atoms with van der Waals surface area (Å²) in [5.41, 5.74) is 0. The molecule has 7 nitrogen and oxygen atoms in total. The number of aryl methyl sites for hydroxylation is 1. The van der Waals surface area contributed by atoms with E-state index >= 15 is 0 Å². The van der Waals surface area contributed by atoms with Gasteiger partial charge in [0.2, 0.25) is 0 Å². The fraction of sp³-hybridized carbons (Fsp3) is 0.533. The number of anilines is 1. The molecule has 0 bridgehead atoms. The minimum atomic E-state index is -0.0139. The predicted molar refractivity (Wildman–Crippen MR) is 86.8 cm³/mol. The number of methoxy groups -OCH3 is 1. The highest BCUT2D eigenvalue weighted by Gasteiger charge is 2.32. The topological polar surface area (TPSA) is 74.1 Å². The SMILES string of the molecule is CCn1ccnc1[C@@H]1OCC[C@H]1CNc1nc(OC)ncc1Cl. The van der Waals surface area contributed by atoms with Gasteiger partial charge in [0.1, 0.15) is 17.0 Å². The lowest BCUT2D eigenvalue weighted by molar-refractivity contribution is 0.0832. The Morgan fingerprint density at radius 1 is 1.48 bits per heavy atom. The molecule has 2 atom stereocenters. The van der Waals surface area contributed by atoms with Crippen LogP contribution in [0.15, 0.2) is 18.6 Å². The first kappa shape index (κ1) is 16.0. The van der Waals surface area contributed by atoms with Gasteiger partial charge in [-0.2, -0.15) is 4.98 Å². The largest absolute Gasteiger partial charge is 0.467 e. The first-order valence-corrected chi connectivity index (χ1v) is 8.03. The highest BCUT2D eigenvalue weighted by molar-refractivity contribution is 6.32. The number of halogens is 1. The lowest BCUT2D eigenvalue weighted by atomic mass is 10.0. The molecule has 1 saturated heterocycles. The molecule has 0 aromatic carbocycles. The first-order chi connectivity index (χ1) is 11.2. The average Bonchev–Trinajstić information content (AvgIpc) is 3.22. The Morgan fingerprint density at radius 3 is 3.13 bits per heavy atom. The third kappa shape index (κ3) is 3.40. The Balaban J connectivity index is 1.70. The fourth-order valence-electron chi connectivity index (χ4n) is 2.77. The second kappa shape index (κ2) is 7.14. The maximum atomic E-state index is 6.13. The molecule has 3 heterocycles. The van der Waals surface area contributed by atoms with Crippen LogP contribution in [0.2, 0.25) is 5.02 Å². The molecule has 3 rings (SSSR count). The second-order valence-corrected chi connectivity index (χ2v) is 5.75. The Bertz CT molecular complexity index is 663. The summed E-state index contributed by atoms with van der Waals surface area (Å²) in [4.78, 5) is 12.7. The van der Waals surface area contributed by atoms with E-state index in [-0.39, 0.29) is 12.1 Å². The normalized spacial score (nSPS) is 20.7. The molecule has 0 aliphatic carbocycles. The number of ether oxygens (including phenoxy) is 2. The quantitative estimate of drug-likeness (QED) is 0.873. The lowest BCUT2D eigenvalue weighted by Gasteiger charge is -2.20. The number of hydrogen-bond donors (Lipinski definition) is 1. The van der Waals surface area contributed by atoms with Crippen LogP contribution in [0.3, 0.4) is 0 Å². The zero-order valence-electron chi connectivity index (χ0n) is 13.2. The third-order valence-corrected chi connectivity index (χ3v) is 4.27. The number of aromatic nitrogens is 4. The Hall–Kier alpha value is -1.86. The maximum Gasteiger partial charge on any atom is 0.318 e. The number of imidazole rings is 1. The van der Waals surface area contributed by atoms with Crippen molar-refractivity contribution in [2.75, 3.05) is 25.6 Å². The van der Waals surface area contributed by atoms with Crippen LogP contribution in [-0.4, -0.2) is 39.8 Å². The van der Waals surface area contributed by atoms with E-state index in [0.717, 1.165) is 25.4 Å². The van der Waals surface area contributed by atoms with Crippen LogP contribution in [0.25, 0.3) is 0 Å². The van der Waals surface area contributed by atoms with Gasteiger partial charge in [0.05, 0.1) is 13.3 Å². The van der Waals surface area contributed by atoms with Crippen molar-refractivity contribution in [2.24, 2.45) is 5.92 Å². The molecule has 2 aromatic rings. The smallest absolute Gasteiger partial charge is 0.318 e. The molecule has 1 aliphatic rings. The summed E-state index contributed by atoms with van der Waals surface area (Å²) in [6, 6.07) is 0.289. The lowest BCUT2D eigenvalue weighted by Crippen LogP contribution is -2.21.